The van der Waals surface area contributed by atoms with Crippen molar-refractivity contribution in [1.82, 2.24) is 4.90 Å². The largest absolute Gasteiger partial charge is 0.481 e. The predicted molar refractivity (Wildman–Crippen MR) is 106 cm³/mol. The molecular formula is C21H23ClN2O3. The first-order valence-electron chi connectivity index (χ1n) is 9.04. The Bertz CT molecular complexity index is 845. The van der Waals surface area contributed by atoms with Crippen LogP contribution in [0.4, 0.5) is 5.69 Å². The highest BCUT2D eigenvalue weighted by Crippen LogP contribution is 2.21. The molecule has 6 heteroatoms. The molecule has 2 N–H and O–H groups in total. The van der Waals surface area contributed by atoms with Crippen molar-refractivity contribution in [2.45, 2.75) is 26.3 Å². The summed E-state index contributed by atoms with van der Waals surface area (Å²) >= 11 is 5.95. The van der Waals surface area contributed by atoms with Crippen molar-refractivity contribution < 1.29 is 14.7 Å². The summed E-state index contributed by atoms with van der Waals surface area (Å²) in [5.74, 6) is -1.09. The Hall–Kier alpha value is -2.37. The number of hydrogen-bond acceptors (Lipinski definition) is 3. The zero-order valence-corrected chi connectivity index (χ0v) is 16.0. The molecule has 27 heavy (non-hydrogen) atoms. The molecule has 142 valence electrons. The highest BCUT2D eigenvalue weighted by atomic mass is 35.5. The summed E-state index contributed by atoms with van der Waals surface area (Å²) in [6, 6.07) is 13.0. The molecule has 5 nitrogen and oxygen atoms in total. The van der Waals surface area contributed by atoms with Gasteiger partial charge in [0.2, 0.25) is 0 Å². The van der Waals surface area contributed by atoms with Crippen LogP contribution >= 0.6 is 11.6 Å². The number of amides is 1. The SMILES string of the molecule is Cc1cc(Cl)ccc1C(=O)Nc1cccc(CN2CCC(C(=O)O)CC2)c1. The monoisotopic (exact) mass is 386 g/mol. The number of nitrogens with one attached hydrogen (secondary N) is 1. The predicted octanol–water partition coefficient (Wildman–Crippen LogP) is 4.20. The number of carboxylic acids is 1. The molecule has 0 bridgehead atoms. The number of anilines is 1. The molecule has 1 heterocycles. The van der Waals surface area contributed by atoms with E-state index in [2.05, 4.69) is 10.2 Å². The number of nitrogens with zero attached hydrogens (tertiary/aromatic N) is 1. The van der Waals surface area contributed by atoms with Crippen molar-refractivity contribution in [3.05, 3.63) is 64.2 Å². The Balaban J connectivity index is 1.62. The zero-order chi connectivity index (χ0) is 19.4. The number of benzene rings is 2. The fourth-order valence-corrected chi connectivity index (χ4v) is 3.65. The van der Waals surface area contributed by atoms with E-state index < -0.39 is 5.97 Å². The molecule has 2 aromatic carbocycles. The van der Waals surface area contributed by atoms with E-state index >= 15 is 0 Å². The maximum atomic E-state index is 12.5. The van der Waals surface area contributed by atoms with Crippen molar-refractivity contribution >= 4 is 29.2 Å². The number of carbonyl (C=O) groups is 2. The normalized spacial score (nSPS) is 15.5. The van der Waals surface area contributed by atoms with Crippen LogP contribution in [-0.4, -0.2) is 35.0 Å². The van der Waals surface area contributed by atoms with Gasteiger partial charge in [-0.1, -0.05) is 23.7 Å². The van der Waals surface area contributed by atoms with Crippen molar-refractivity contribution in [3.63, 3.8) is 0 Å². The zero-order valence-electron chi connectivity index (χ0n) is 15.2. The van der Waals surface area contributed by atoms with E-state index in [4.69, 9.17) is 16.7 Å². The van der Waals surface area contributed by atoms with Gasteiger partial charge in [0.1, 0.15) is 0 Å². The second-order valence-electron chi connectivity index (χ2n) is 7.00. The summed E-state index contributed by atoms with van der Waals surface area (Å²) in [7, 11) is 0. The van der Waals surface area contributed by atoms with Gasteiger partial charge >= 0.3 is 5.97 Å². The van der Waals surface area contributed by atoms with Crippen LogP contribution in [-0.2, 0) is 11.3 Å². The number of carbonyl (C=O) groups excluding carboxylic acids is 1. The summed E-state index contributed by atoms with van der Waals surface area (Å²) in [6.07, 6.45) is 1.36. The Morgan fingerprint density at radius 1 is 1.19 bits per heavy atom. The molecule has 1 fully saturated rings. The molecule has 1 aliphatic heterocycles. The van der Waals surface area contributed by atoms with Gasteiger partial charge in [-0.05, 0) is 74.3 Å². The molecule has 2 aromatic rings. The maximum absolute atomic E-state index is 12.5. The number of aryl methyl sites for hydroxylation is 1. The van der Waals surface area contributed by atoms with Gasteiger partial charge < -0.3 is 10.4 Å². The third-order valence-corrected chi connectivity index (χ3v) is 5.20. The van der Waals surface area contributed by atoms with Crippen molar-refractivity contribution in [1.29, 1.82) is 0 Å². The van der Waals surface area contributed by atoms with E-state index in [0.717, 1.165) is 36.4 Å². The van der Waals surface area contributed by atoms with E-state index in [-0.39, 0.29) is 11.8 Å². The number of halogens is 1. The smallest absolute Gasteiger partial charge is 0.306 e. The third-order valence-electron chi connectivity index (χ3n) is 4.96. The number of aliphatic carboxylic acids is 1. The van der Waals surface area contributed by atoms with Gasteiger partial charge in [0, 0.05) is 22.8 Å². The van der Waals surface area contributed by atoms with Crippen LogP contribution in [0.15, 0.2) is 42.5 Å². The lowest BCUT2D eigenvalue weighted by molar-refractivity contribution is -0.143. The summed E-state index contributed by atoms with van der Waals surface area (Å²) in [6.45, 7) is 4.16. The quantitative estimate of drug-likeness (QED) is 0.808. The van der Waals surface area contributed by atoms with Crippen LogP contribution in [0.5, 0.6) is 0 Å². The molecule has 0 atom stereocenters. The number of likely N-dealkylation sites (tertiary alicyclic amines) is 1. The standard InChI is InChI=1S/C21H23ClN2O3/c1-14-11-17(22)5-6-19(14)20(25)23-18-4-2-3-15(12-18)13-24-9-7-16(8-10-24)21(26)27/h2-6,11-12,16H,7-10,13H2,1H3,(H,23,25)(H,26,27). The topological polar surface area (TPSA) is 69.6 Å². The van der Waals surface area contributed by atoms with Crippen LogP contribution in [0.3, 0.4) is 0 Å². The highest BCUT2D eigenvalue weighted by molar-refractivity contribution is 6.30. The number of hydrogen-bond donors (Lipinski definition) is 2. The molecule has 3 rings (SSSR count). The van der Waals surface area contributed by atoms with Gasteiger partial charge in [-0.3, -0.25) is 14.5 Å². The molecule has 1 amide bonds. The molecule has 0 spiro atoms. The summed E-state index contributed by atoms with van der Waals surface area (Å²) in [4.78, 5) is 25.8. The van der Waals surface area contributed by atoms with Gasteiger partial charge in [0.05, 0.1) is 5.92 Å². The molecule has 0 aromatic heterocycles. The van der Waals surface area contributed by atoms with Gasteiger partial charge in [0.25, 0.3) is 5.91 Å². The van der Waals surface area contributed by atoms with E-state index in [9.17, 15) is 9.59 Å². The molecule has 1 saturated heterocycles. The van der Waals surface area contributed by atoms with Crippen LogP contribution in [0.2, 0.25) is 5.02 Å². The number of rotatable bonds is 5. The fraction of sp³-hybridized carbons (Fsp3) is 0.333. The third kappa shape index (κ3) is 5.08. The van der Waals surface area contributed by atoms with E-state index in [0.29, 0.717) is 23.4 Å². The van der Waals surface area contributed by atoms with Crippen molar-refractivity contribution in [2.75, 3.05) is 18.4 Å². The van der Waals surface area contributed by atoms with E-state index in [1.807, 2.05) is 31.2 Å². The van der Waals surface area contributed by atoms with Gasteiger partial charge in [-0.2, -0.15) is 0 Å². The summed E-state index contributed by atoms with van der Waals surface area (Å²) < 4.78 is 0. The highest BCUT2D eigenvalue weighted by Gasteiger charge is 2.24. The molecule has 0 aliphatic carbocycles. The van der Waals surface area contributed by atoms with Crippen LogP contribution in [0.25, 0.3) is 0 Å². The fourth-order valence-electron chi connectivity index (χ4n) is 3.42. The first-order valence-corrected chi connectivity index (χ1v) is 9.42. The molecule has 0 radical (unpaired) electrons. The first-order chi connectivity index (χ1) is 12.9. The summed E-state index contributed by atoms with van der Waals surface area (Å²) in [5, 5.41) is 12.6. The lowest BCUT2D eigenvalue weighted by Crippen LogP contribution is -2.35. The molecule has 0 unspecified atom stereocenters. The minimum absolute atomic E-state index is 0.163. The Morgan fingerprint density at radius 3 is 2.59 bits per heavy atom. The molecule has 0 saturated carbocycles. The van der Waals surface area contributed by atoms with E-state index in [1.165, 1.54) is 0 Å². The minimum Gasteiger partial charge on any atom is -0.481 e. The lowest BCUT2D eigenvalue weighted by atomic mass is 9.97. The van der Waals surface area contributed by atoms with Gasteiger partial charge in [-0.25, -0.2) is 0 Å². The number of piperidine rings is 1. The van der Waals surface area contributed by atoms with Crippen LogP contribution in [0, 0.1) is 12.8 Å². The van der Waals surface area contributed by atoms with E-state index in [1.54, 1.807) is 18.2 Å². The maximum Gasteiger partial charge on any atom is 0.306 e. The molecular weight excluding hydrogens is 364 g/mol. The van der Waals surface area contributed by atoms with Crippen molar-refractivity contribution in [2.24, 2.45) is 5.92 Å². The van der Waals surface area contributed by atoms with Crippen molar-refractivity contribution in [3.8, 4) is 0 Å². The average Bonchev–Trinajstić information content (AvgIpc) is 2.62. The average molecular weight is 387 g/mol. The summed E-state index contributed by atoms with van der Waals surface area (Å²) in [5.41, 5.74) is 3.26. The first kappa shape index (κ1) is 19.4. The van der Waals surface area contributed by atoms with Crippen LogP contribution in [0.1, 0.15) is 34.3 Å². The number of carboxylic acid groups (broad SMARTS) is 1. The second-order valence-corrected chi connectivity index (χ2v) is 7.44. The van der Waals surface area contributed by atoms with Gasteiger partial charge in [0.15, 0.2) is 0 Å². The molecule has 1 aliphatic rings. The Labute approximate surface area is 163 Å². The minimum atomic E-state index is -0.697. The second kappa shape index (κ2) is 8.55. The Kier molecular flexibility index (Phi) is 6.14. The Morgan fingerprint density at radius 2 is 1.93 bits per heavy atom. The van der Waals surface area contributed by atoms with Crippen LogP contribution < -0.4 is 5.32 Å². The lowest BCUT2D eigenvalue weighted by Gasteiger charge is -2.30. The van der Waals surface area contributed by atoms with Gasteiger partial charge in [-0.15, -0.1) is 0 Å².